The standard InChI is InChI=1S/C22H24N2O4/c1-25-13-17-19(15-9-5-3-6-10-15)27-21(23-17)22-24-18(14-26-2)20(28-22)16-11-7-4-8-12-16/h3-12,17-20H,13-14H2,1-2H3/t17-,18-,19-,20-/m0/s1. The minimum absolute atomic E-state index is 0.148. The number of benzene rings is 2. The molecule has 0 unspecified atom stereocenters. The summed E-state index contributed by atoms with van der Waals surface area (Å²) in [4.78, 5) is 9.43. The Morgan fingerprint density at radius 3 is 1.43 bits per heavy atom. The predicted molar refractivity (Wildman–Crippen MR) is 107 cm³/mol. The zero-order valence-electron chi connectivity index (χ0n) is 16.0. The summed E-state index contributed by atoms with van der Waals surface area (Å²) in [5.74, 6) is 0.853. The maximum Gasteiger partial charge on any atom is 0.274 e. The van der Waals surface area contributed by atoms with Gasteiger partial charge in [0, 0.05) is 14.2 Å². The molecule has 0 aliphatic carbocycles. The topological polar surface area (TPSA) is 61.6 Å². The Hall–Kier alpha value is -2.70. The summed E-state index contributed by atoms with van der Waals surface area (Å²) in [7, 11) is 3.33. The van der Waals surface area contributed by atoms with Gasteiger partial charge >= 0.3 is 0 Å². The average Bonchev–Trinajstić information content (AvgIpc) is 3.34. The summed E-state index contributed by atoms with van der Waals surface area (Å²) >= 11 is 0. The maximum absolute atomic E-state index is 6.18. The number of aliphatic imine (C=N–C) groups is 2. The van der Waals surface area contributed by atoms with Gasteiger partial charge < -0.3 is 18.9 Å². The van der Waals surface area contributed by atoms with Crippen molar-refractivity contribution in [3.8, 4) is 0 Å². The Bertz CT molecular complexity index is 767. The molecule has 2 aliphatic heterocycles. The van der Waals surface area contributed by atoms with Crippen LogP contribution in [0.3, 0.4) is 0 Å². The monoisotopic (exact) mass is 380 g/mol. The van der Waals surface area contributed by atoms with E-state index in [0.29, 0.717) is 25.0 Å². The molecule has 0 N–H and O–H groups in total. The fourth-order valence-corrected chi connectivity index (χ4v) is 3.56. The molecular formula is C22H24N2O4. The van der Waals surface area contributed by atoms with Crippen LogP contribution in [-0.4, -0.2) is 51.3 Å². The molecule has 0 bridgehead atoms. The summed E-state index contributed by atoms with van der Waals surface area (Å²) in [6.45, 7) is 0.917. The van der Waals surface area contributed by atoms with Crippen LogP contribution >= 0.6 is 0 Å². The summed E-state index contributed by atoms with van der Waals surface area (Å²) in [5, 5.41) is 0. The van der Waals surface area contributed by atoms with Gasteiger partial charge in [-0.2, -0.15) is 0 Å². The zero-order valence-corrected chi connectivity index (χ0v) is 16.0. The summed E-state index contributed by atoms with van der Waals surface area (Å²) in [5.41, 5.74) is 2.10. The van der Waals surface area contributed by atoms with Crippen molar-refractivity contribution in [2.75, 3.05) is 27.4 Å². The molecule has 2 heterocycles. The maximum atomic E-state index is 6.18. The second kappa shape index (κ2) is 8.54. The fraction of sp³-hybridized carbons (Fsp3) is 0.364. The summed E-state index contributed by atoms with van der Waals surface area (Å²) in [6.07, 6.45) is -0.446. The molecular weight excluding hydrogens is 356 g/mol. The second-order valence-electron chi connectivity index (χ2n) is 6.81. The van der Waals surface area contributed by atoms with Gasteiger partial charge in [0.25, 0.3) is 11.8 Å². The summed E-state index contributed by atoms with van der Waals surface area (Å²) in [6, 6.07) is 19.8. The van der Waals surface area contributed by atoms with E-state index in [9.17, 15) is 0 Å². The third-order valence-electron chi connectivity index (χ3n) is 4.86. The Balaban J connectivity index is 1.57. The van der Waals surface area contributed by atoms with Crippen LogP contribution in [0.25, 0.3) is 0 Å². The number of hydrogen-bond donors (Lipinski definition) is 0. The van der Waals surface area contributed by atoms with E-state index in [1.54, 1.807) is 14.2 Å². The quantitative estimate of drug-likeness (QED) is 0.739. The largest absolute Gasteiger partial charge is 0.463 e. The lowest BCUT2D eigenvalue weighted by atomic mass is 10.0. The highest BCUT2D eigenvalue weighted by Crippen LogP contribution is 2.34. The van der Waals surface area contributed by atoms with Crippen LogP contribution < -0.4 is 0 Å². The van der Waals surface area contributed by atoms with Crippen LogP contribution in [0.2, 0.25) is 0 Å². The van der Waals surface area contributed by atoms with Crippen molar-refractivity contribution in [1.29, 1.82) is 0 Å². The molecule has 0 spiro atoms. The lowest BCUT2D eigenvalue weighted by molar-refractivity contribution is 0.113. The van der Waals surface area contributed by atoms with Crippen LogP contribution in [0.4, 0.5) is 0 Å². The Morgan fingerprint density at radius 1 is 0.679 bits per heavy atom. The highest BCUT2D eigenvalue weighted by Gasteiger charge is 2.40. The highest BCUT2D eigenvalue weighted by molar-refractivity contribution is 6.36. The zero-order chi connectivity index (χ0) is 19.3. The van der Waals surface area contributed by atoms with Crippen molar-refractivity contribution in [2.24, 2.45) is 9.98 Å². The van der Waals surface area contributed by atoms with Crippen LogP contribution in [0.5, 0.6) is 0 Å². The fourth-order valence-electron chi connectivity index (χ4n) is 3.56. The van der Waals surface area contributed by atoms with Gasteiger partial charge in [-0.3, -0.25) is 0 Å². The first-order valence-corrected chi connectivity index (χ1v) is 9.37. The Morgan fingerprint density at radius 2 is 1.07 bits per heavy atom. The minimum Gasteiger partial charge on any atom is -0.463 e. The molecule has 0 saturated heterocycles. The Labute approximate surface area is 164 Å². The molecule has 6 nitrogen and oxygen atoms in total. The first-order chi connectivity index (χ1) is 13.8. The van der Waals surface area contributed by atoms with E-state index < -0.39 is 0 Å². The predicted octanol–water partition coefficient (Wildman–Crippen LogP) is 3.36. The minimum atomic E-state index is -0.223. The van der Waals surface area contributed by atoms with E-state index in [1.807, 2.05) is 60.7 Å². The van der Waals surface area contributed by atoms with Crippen molar-refractivity contribution in [2.45, 2.75) is 24.3 Å². The van der Waals surface area contributed by atoms with Crippen molar-refractivity contribution in [3.05, 3.63) is 71.8 Å². The molecule has 0 saturated carbocycles. The van der Waals surface area contributed by atoms with Gasteiger partial charge in [0.05, 0.1) is 13.2 Å². The molecule has 146 valence electrons. The van der Waals surface area contributed by atoms with Crippen LogP contribution in [0.1, 0.15) is 23.3 Å². The molecule has 2 aliphatic rings. The van der Waals surface area contributed by atoms with E-state index in [2.05, 4.69) is 0 Å². The first-order valence-electron chi connectivity index (χ1n) is 9.37. The summed E-state index contributed by atoms with van der Waals surface area (Å²) < 4.78 is 23.1. The van der Waals surface area contributed by atoms with Gasteiger partial charge in [-0.05, 0) is 11.1 Å². The number of rotatable bonds is 7. The van der Waals surface area contributed by atoms with Crippen molar-refractivity contribution in [1.82, 2.24) is 0 Å². The molecule has 6 heteroatoms. The van der Waals surface area contributed by atoms with Gasteiger partial charge in [0.1, 0.15) is 12.1 Å². The van der Waals surface area contributed by atoms with E-state index in [4.69, 9.17) is 28.9 Å². The molecule has 4 atom stereocenters. The van der Waals surface area contributed by atoms with Gasteiger partial charge in [-0.15, -0.1) is 0 Å². The van der Waals surface area contributed by atoms with Crippen LogP contribution in [0.15, 0.2) is 70.6 Å². The normalized spacial score (nSPS) is 26.4. The lowest BCUT2D eigenvalue weighted by Crippen LogP contribution is -2.21. The Kier molecular flexibility index (Phi) is 5.69. The van der Waals surface area contributed by atoms with Crippen LogP contribution in [0, 0.1) is 0 Å². The molecule has 0 radical (unpaired) electrons. The smallest absolute Gasteiger partial charge is 0.274 e. The van der Waals surface area contributed by atoms with Crippen LogP contribution in [-0.2, 0) is 18.9 Å². The SMILES string of the molecule is COC[C@@H]1N=C(C2=N[C@@H](COC)[C@H](c3ccccc3)O2)O[C@H]1c1ccccc1. The third-order valence-corrected chi connectivity index (χ3v) is 4.86. The number of methoxy groups -OCH3 is 2. The molecule has 2 aromatic carbocycles. The van der Waals surface area contributed by atoms with Gasteiger partial charge in [0.15, 0.2) is 12.2 Å². The molecule has 2 aromatic rings. The highest BCUT2D eigenvalue weighted by atomic mass is 16.6. The van der Waals surface area contributed by atoms with Gasteiger partial charge in [-0.25, -0.2) is 9.98 Å². The molecule has 28 heavy (non-hydrogen) atoms. The molecule has 4 rings (SSSR count). The number of hydrogen-bond acceptors (Lipinski definition) is 6. The van der Waals surface area contributed by atoms with Gasteiger partial charge in [0.2, 0.25) is 0 Å². The second-order valence-corrected chi connectivity index (χ2v) is 6.81. The molecule has 0 amide bonds. The first kappa shape index (κ1) is 18.7. The van der Waals surface area contributed by atoms with Gasteiger partial charge in [-0.1, -0.05) is 60.7 Å². The lowest BCUT2D eigenvalue weighted by Gasteiger charge is -2.18. The van der Waals surface area contributed by atoms with Crippen molar-refractivity contribution in [3.63, 3.8) is 0 Å². The van der Waals surface area contributed by atoms with E-state index in [-0.39, 0.29) is 24.3 Å². The molecule has 0 aromatic heterocycles. The number of ether oxygens (including phenoxy) is 4. The van der Waals surface area contributed by atoms with E-state index in [1.165, 1.54) is 0 Å². The van der Waals surface area contributed by atoms with E-state index >= 15 is 0 Å². The third kappa shape index (κ3) is 3.79. The average molecular weight is 380 g/mol. The van der Waals surface area contributed by atoms with Crippen molar-refractivity contribution < 1.29 is 18.9 Å². The number of nitrogens with zero attached hydrogens (tertiary/aromatic N) is 2. The molecule has 0 fully saturated rings. The van der Waals surface area contributed by atoms with Crippen molar-refractivity contribution >= 4 is 11.8 Å². The van der Waals surface area contributed by atoms with E-state index in [0.717, 1.165) is 11.1 Å².